The lowest BCUT2D eigenvalue weighted by Gasteiger charge is -2.55. The van der Waals surface area contributed by atoms with Gasteiger partial charge in [-0.25, -0.2) is 0 Å². The first kappa shape index (κ1) is 17.7. The second kappa shape index (κ2) is 6.34. The van der Waals surface area contributed by atoms with Gasteiger partial charge in [0, 0.05) is 22.6 Å². The molecule has 4 fully saturated rings. The number of anilines is 1. The van der Waals surface area contributed by atoms with Gasteiger partial charge in [-0.05, 0) is 75.3 Å². The van der Waals surface area contributed by atoms with E-state index in [1.807, 2.05) is 0 Å². The number of aromatic nitrogens is 2. The Morgan fingerprint density at radius 3 is 2.39 bits per heavy atom. The normalized spacial score (nSPS) is 30.4. The molecule has 1 N–H and O–H groups in total. The Kier molecular flexibility index (Phi) is 4.01. The summed E-state index contributed by atoms with van der Waals surface area (Å²) >= 11 is 1.49. The third-order valence-corrected chi connectivity index (χ3v) is 7.88. The van der Waals surface area contributed by atoms with E-state index >= 15 is 0 Å². The highest BCUT2D eigenvalue weighted by atomic mass is 32.1. The van der Waals surface area contributed by atoms with E-state index in [1.165, 1.54) is 68.1 Å². The van der Waals surface area contributed by atoms with Crippen LogP contribution in [0.25, 0.3) is 0 Å². The third-order valence-electron chi connectivity index (χ3n) is 6.79. The Labute approximate surface area is 166 Å². The molecule has 1 amide bonds. The van der Waals surface area contributed by atoms with Crippen LogP contribution in [0, 0.1) is 34.8 Å². The van der Waals surface area contributed by atoms with Crippen molar-refractivity contribution in [1.29, 1.82) is 0 Å². The lowest BCUT2D eigenvalue weighted by molar-refractivity contribution is -0.385. The van der Waals surface area contributed by atoms with E-state index in [1.54, 1.807) is 6.92 Å². The lowest BCUT2D eigenvalue weighted by atomic mass is 9.50. The number of carbonyl (C=O) groups is 1. The number of rotatable bonds is 4. The predicted molar refractivity (Wildman–Crippen MR) is 106 cm³/mol. The van der Waals surface area contributed by atoms with Gasteiger partial charge in [0.1, 0.15) is 5.01 Å². The number of nitrogens with one attached hydrogen (secondary N) is 1. The number of hydrogen-bond donors (Lipinski definition) is 1. The van der Waals surface area contributed by atoms with Gasteiger partial charge >= 0.3 is 0 Å². The fraction of sp³-hybridized carbons (Fsp3) is 0.550. The van der Waals surface area contributed by atoms with Crippen molar-refractivity contribution in [3.05, 3.63) is 44.4 Å². The fourth-order valence-electron chi connectivity index (χ4n) is 6.03. The minimum absolute atomic E-state index is 0.0107. The average Bonchev–Trinajstić information content (AvgIpc) is 3.09. The van der Waals surface area contributed by atoms with Crippen LogP contribution < -0.4 is 5.32 Å². The average molecular weight is 398 g/mol. The number of nitrogens with zero attached hydrogens (tertiary/aromatic N) is 3. The van der Waals surface area contributed by atoms with Crippen LogP contribution in [-0.2, 0) is 5.41 Å². The standard InChI is InChI=1S/C20H22N4O3S/c1-11-4-15(2-3-16(11)24(26)27)17(25)21-19-23-22-18(28-19)20-8-12-5-13(9-20)7-14(6-12)10-20/h2-4,12-14H,5-10H2,1H3,(H,21,23,25). The first-order chi connectivity index (χ1) is 13.4. The molecule has 0 aliphatic heterocycles. The summed E-state index contributed by atoms with van der Waals surface area (Å²) < 4.78 is 0. The van der Waals surface area contributed by atoms with Crippen molar-refractivity contribution in [3.63, 3.8) is 0 Å². The molecular formula is C20H22N4O3S. The van der Waals surface area contributed by atoms with E-state index in [9.17, 15) is 14.9 Å². The molecule has 4 aliphatic rings. The van der Waals surface area contributed by atoms with Crippen molar-refractivity contribution >= 4 is 28.1 Å². The molecule has 4 aliphatic carbocycles. The highest BCUT2D eigenvalue weighted by Crippen LogP contribution is 2.61. The highest BCUT2D eigenvalue weighted by Gasteiger charge is 2.53. The maximum Gasteiger partial charge on any atom is 0.272 e. The molecule has 1 aromatic heterocycles. The monoisotopic (exact) mass is 398 g/mol. The van der Waals surface area contributed by atoms with Crippen LogP contribution in [0.2, 0.25) is 0 Å². The summed E-state index contributed by atoms with van der Waals surface area (Å²) in [5, 5.41) is 24.1. The predicted octanol–water partition coefficient (Wildman–Crippen LogP) is 4.47. The van der Waals surface area contributed by atoms with Gasteiger partial charge in [-0.1, -0.05) is 11.3 Å². The van der Waals surface area contributed by atoms with Gasteiger partial charge in [-0.3, -0.25) is 20.2 Å². The number of hydrogen-bond acceptors (Lipinski definition) is 6. The molecule has 0 spiro atoms. The molecular weight excluding hydrogens is 376 g/mol. The van der Waals surface area contributed by atoms with Gasteiger partial charge < -0.3 is 0 Å². The van der Waals surface area contributed by atoms with E-state index in [0.29, 0.717) is 16.3 Å². The molecule has 0 atom stereocenters. The Morgan fingerprint density at radius 2 is 1.82 bits per heavy atom. The maximum atomic E-state index is 12.6. The van der Waals surface area contributed by atoms with Crippen LogP contribution in [0.1, 0.15) is 59.5 Å². The van der Waals surface area contributed by atoms with E-state index in [4.69, 9.17) is 0 Å². The van der Waals surface area contributed by atoms with Crippen molar-refractivity contribution < 1.29 is 9.72 Å². The Bertz CT molecular complexity index is 935. The zero-order chi connectivity index (χ0) is 19.5. The zero-order valence-electron chi connectivity index (χ0n) is 15.7. The van der Waals surface area contributed by atoms with Crippen LogP contribution in [0.4, 0.5) is 10.8 Å². The second-order valence-corrected chi connectivity index (χ2v) is 9.80. The molecule has 146 valence electrons. The summed E-state index contributed by atoms with van der Waals surface area (Å²) in [5.74, 6) is 2.18. The third kappa shape index (κ3) is 2.90. The molecule has 1 heterocycles. The Balaban J connectivity index is 1.34. The summed E-state index contributed by atoms with van der Waals surface area (Å²) in [6, 6.07) is 4.38. The molecule has 0 radical (unpaired) electrons. The second-order valence-electron chi connectivity index (χ2n) is 8.82. The van der Waals surface area contributed by atoms with E-state index < -0.39 is 4.92 Å². The summed E-state index contributed by atoms with van der Waals surface area (Å²) in [6.07, 6.45) is 7.76. The largest absolute Gasteiger partial charge is 0.296 e. The van der Waals surface area contributed by atoms with Crippen molar-refractivity contribution in [2.75, 3.05) is 5.32 Å². The van der Waals surface area contributed by atoms with Crippen molar-refractivity contribution in [3.8, 4) is 0 Å². The molecule has 28 heavy (non-hydrogen) atoms. The van der Waals surface area contributed by atoms with Crippen LogP contribution >= 0.6 is 11.3 Å². The molecule has 7 nitrogen and oxygen atoms in total. The molecule has 4 bridgehead atoms. The molecule has 2 aromatic rings. The topological polar surface area (TPSA) is 98.0 Å². The van der Waals surface area contributed by atoms with Crippen LogP contribution in [0.5, 0.6) is 0 Å². The molecule has 4 saturated carbocycles. The molecule has 0 unspecified atom stereocenters. The van der Waals surface area contributed by atoms with Gasteiger partial charge in [0.2, 0.25) is 5.13 Å². The summed E-state index contributed by atoms with van der Waals surface area (Å²) in [4.78, 5) is 23.1. The van der Waals surface area contributed by atoms with Crippen LogP contribution in [0.3, 0.4) is 0 Å². The number of nitro benzene ring substituents is 1. The van der Waals surface area contributed by atoms with Gasteiger partial charge in [-0.15, -0.1) is 10.2 Å². The van der Waals surface area contributed by atoms with Gasteiger partial charge in [0.15, 0.2) is 0 Å². The molecule has 6 rings (SSSR count). The van der Waals surface area contributed by atoms with Crippen LogP contribution in [-0.4, -0.2) is 21.0 Å². The van der Waals surface area contributed by atoms with Gasteiger partial charge in [0.05, 0.1) is 4.92 Å². The van der Waals surface area contributed by atoms with E-state index in [-0.39, 0.29) is 17.0 Å². The maximum absolute atomic E-state index is 12.6. The molecule has 1 aromatic carbocycles. The quantitative estimate of drug-likeness (QED) is 0.605. The van der Waals surface area contributed by atoms with Gasteiger partial charge in [0.25, 0.3) is 11.6 Å². The van der Waals surface area contributed by atoms with Crippen LogP contribution in [0.15, 0.2) is 18.2 Å². The van der Waals surface area contributed by atoms with E-state index in [2.05, 4.69) is 15.5 Å². The smallest absolute Gasteiger partial charge is 0.272 e. The summed E-state index contributed by atoms with van der Waals surface area (Å²) in [5.41, 5.74) is 1.02. The fourth-order valence-corrected chi connectivity index (χ4v) is 6.99. The summed E-state index contributed by atoms with van der Waals surface area (Å²) in [7, 11) is 0. The number of carbonyl (C=O) groups excluding carboxylic acids is 1. The van der Waals surface area contributed by atoms with E-state index in [0.717, 1.165) is 22.8 Å². The molecule has 8 heteroatoms. The zero-order valence-corrected chi connectivity index (χ0v) is 16.5. The molecule has 0 saturated heterocycles. The Morgan fingerprint density at radius 1 is 1.18 bits per heavy atom. The number of benzene rings is 1. The van der Waals surface area contributed by atoms with Gasteiger partial charge in [-0.2, -0.15) is 0 Å². The minimum atomic E-state index is -0.445. The highest BCUT2D eigenvalue weighted by molar-refractivity contribution is 7.15. The van der Waals surface area contributed by atoms with Crippen molar-refractivity contribution in [2.45, 2.75) is 50.9 Å². The lowest BCUT2D eigenvalue weighted by Crippen LogP contribution is -2.48. The van der Waals surface area contributed by atoms with Crippen molar-refractivity contribution in [2.24, 2.45) is 17.8 Å². The Hall–Kier alpha value is -2.35. The summed E-state index contributed by atoms with van der Waals surface area (Å²) in [6.45, 7) is 1.63. The first-order valence-electron chi connectivity index (χ1n) is 9.82. The number of aryl methyl sites for hydroxylation is 1. The number of nitro groups is 1. The van der Waals surface area contributed by atoms with Crippen molar-refractivity contribution in [1.82, 2.24) is 10.2 Å². The minimum Gasteiger partial charge on any atom is -0.296 e. The SMILES string of the molecule is Cc1cc(C(=O)Nc2nnc(C34CC5CC(CC(C5)C3)C4)s2)ccc1[N+](=O)[O-]. The first-order valence-corrected chi connectivity index (χ1v) is 10.6. The number of amides is 1.